The van der Waals surface area contributed by atoms with Crippen molar-refractivity contribution in [1.82, 2.24) is 0 Å². The van der Waals surface area contributed by atoms with E-state index in [2.05, 4.69) is 17.4 Å². The zero-order valence-electron chi connectivity index (χ0n) is 8.51. The fourth-order valence-electron chi connectivity index (χ4n) is 0.951. The number of hydrogen-bond acceptors (Lipinski definition) is 2. The van der Waals surface area contributed by atoms with Crippen molar-refractivity contribution in [3.8, 4) is 0 Å². The van der Waals surface area contributed by atoms with E-state index in [9.17, 15) is 4.79 Å². The van der Waals surface area contributed by atoms with Crippen molar-refractivity contribution in [1.29, 1.82) is 0 Å². The smallest absolute Gasteiger partial charge is 0.305 e. The van der Waals surface area contributed by atoms with Crippen molar-refractivity contribution in [2.45, 2.75) is 32.6 Å². The molecule has 0 bridgehead atoms. The van der Waals surface area contributed by atoms with E-state index in [-0.39, 0.29) is 5.97 Å². The summed E-state index contributed by atoms with van der Waals surface area (Å²) >= 11 is 0. The molecule has 0 spiro atoms. The van der Waals surface area contributed by atoms with Gasteiger partial charge in [-0.15, -0.1) is 6.58 Å². The van der Waals surface area contributed by atoms with E-state index in [4.69, 9.17) is 0 Å². The minimum absolute atomic E-state index is 0.142. The third kappa shape index (κ3) is 7.32. The van der Waals surface area contributed by atoms with Gasteiger partial charge in [0.05, 0.1) is 7.11 Å². The van der Waals surface area contributed by atoms with Crippen LogP contribution in [0.3, 0.4) is 0 Å². The Bertz CT molecular complexity index is 192. The Morgan fingerprint density at radius 3 is 2.62 bits per heavy atom. The summed E-state index contributed by atoms with van der Waals surface area (Å²) in [6.07, 6.45) is 7.32. The maximum absolute atomic E-state index is 10.8. The standard InChI is InChI=1S/C11H18O2/c1-4-5-6-7-10(2)8-9-11(12)13-3/h4,7H,1,5-6,8-9H2,2-3H3/b10-7+. The molecule has 0 heterocycles. The Kier molecular flexibility index (Phi) is 6.98. The molecule has 0 aromatic heterocycles. The highest BCUT2D eigenvalue weighted by atomic mass is 16.5. The lowest BCUT2D eigenvalue weighted by atomic mass is 10.1. The molecule has 2 nitrogen and oxygen atoms in total. The first-order valence-electron chi connectivity index (χ1n) is 4.54. The van der Waals surface area contributed by atoms with Crippen LogP contribution in [0.15, 0.2) is 24.3 Å². The molecule has 0 saturated heterocycles. The summed E-state index contributed by atoms with van der Waals surface area (Å²) in [6.45, 7) is 5.68. The monoisotopic (exact) mass is 182 g/mol. The lowest BCUT2D eigenvalue weighted by Crippen LogP contribution is -1.99. The van der Waals surface area contributed by atoms with Crippen LogP contribution >= 0.6 is 0 Å². The summed E-state index contributed by atoms with van der Waals surface area (Å²) in [7, 11) is 1.42. The molecule has 0 atom stereocenters. The van der Waals surface area contributed by atoms with Crippen molar-refractivity contribution in [2.75, 3.05) is 7.11 Å². The molecule has 0 aromatic rings. The van der Waals surface area contributed by atoms with Gasteiger partial charge in [0.25, 0.3) is 0 Å². The van der Waals surface area contributed by atoms with E-state index in [1.807, 2.05) is 13.0 Å². The molecular formula is C11H18O2. The molecular weight excluding hydrogens is 164 g/mol. The SMILES string of the molecule is C=CCC/C=C(\C)CCC(=O)OC. The molecule has 74 valence electrons. The second kappa shape index (κ2) is 7.59. The van der Waals surface area contributed by atoms with Crippen LogP contribution in [-0.2, 0) is 9.53 Å². The highest BCUT2D eigenvalue weighted by molar-refractivity contribution is 5.69. The molecule has 0 radical (unpaired) electrons. The first kappa shape index (κ1) is 11.9. The third-order valence-corrected chi connectivity index (χ3v) is 1.81. The molecule has 0 rings (SSSR count). The predicted molar refractivity (Wildman–Crippen MR) is 54.4 cm³/mol. The molecule has 0 N–H and O–H groups in total. The molecule has 2 heteroatoms. The summed E-state index contributed by atoms with van der Waals surface area (Å²) in [5, 5.41) is 0. The average molecular weight is 182 g/mol. The van der Waals surface area contributed by atoms with Crippen LogP contribution < -0.4 is 0 Å². The zero-order valence-corrected chi connectivity index (χ0v) is 8.51. The van der Waals surface area contributed by atoms with E-state index in [1.54, 1.807) is 0 Å². The number of allylic oxidation sites excluding steroid dienone is 3. The number of rotatable bonds is 6. The van der Waals surface area contributed by atoms with Crippen LogP contribution in [0.1, 0.15) is 32.6 Å². The van der Waals surface area contributed by atoms with Crippen molar-refractivity contribution < 1.29 is 9.53 Å². The van der Waals surface area contributed by atoms with Crippen molar-refractivity contribution in [2.24, 2.45) is 0 Å². The minimum Gasteiger partial charge on any atom is -0.469 e. The zero-order chi connectivity index (χ0) is 10.1. The van der Waals surface area contributed by atoms with Crippen LogP contribution in [0.25, 0.3) is 0 Å². The Morgan fingerprint density at radius 2 is 2.08 bits per heavy atom. The van der Waals surface area contributed by atoms with Gasteiger partial charge >= 0.3 is 5.97 Å². The highest BCUT2D eigenvalue weighted by Crippen LogP contribution is 2.06. The van der Waals surface area contributed by atoms with Gasteiger partial charge in [-0.25, -0.2) is 0 Å². The summed E-state index contributed by atoms with van der Waals surface area (Å²) in [5.74, 6) is -0.142. The van der Waals surface area contributed by atoms with Gasteiger partial charge in [0.15, 0.2) is 0 Å². The molecule has 0 unspecified atom stereocenters. The van der Waals surface area contributed by atoms with Crippen LogP contribution in [0.4, 0.5) is 0 Å². The van der Waals surface area contributed by atoms with Gasteiger partial charge in [-0.3, -0.25) is 4.79 Å². The molecule has 0 fully saturated rings. The molecule has 0 aliphatic carbocycles. The van der Waals surface area contributed by atoms with Gasteiger partial charge in [0.1, 0.15) is 0 Å². The van der Waals surface area contributed by atoms with E-state index in [0.29, 0.717) is 6.42 Å². The minimum atomic E-state index is -0.142. The van der Waals surface area contributed by atoms with E-state index in [1.165, 1.54) is 12.7 Å². The normalized spacial score (nSPS) is 11.1. The Hall–Kier alpha value is -1.05. The van der Waals surface area contributed by atoms with Crippen molar-refractivity contribution in [3.63, 3.8) is 0 Å². The number of ether oxygens (including phenoxy) is 1. The number of hydrogen-bond donors (Lipinski definition) is 0. The third-order valence-electron chi connectivity index (χ3n) is 1.81. The summed E-state index contributed by atoms with van der Waals surface area (Å²) in [4.78, 5) is 10.8. The lowest BCUT2D eigenvalue weighted by Gasteiger charge is -1.99. The number of carbonyl (C=O) groups is 1. The molecule has 0 aliphatic rings. The topological polar surface area (TPSA) is 26.3 Å². The van der Waals surface area contributed by atoms with Crippen molar-refractivity contribution in [3.05, 3.63) is 24.3 Å². The average Bonchev–Trinajstić information content (AvgIpc) is 2.14. The fourth-order valence-corrected chi connectivity index (χ4v) is 0.951. The number of unbranched alkanes of at least 4 members (excludes halogenated alkanes) is 1. The maximum atomic E-state index is 10.8. The first-order chi connectivity index (χ1) is 6.20. The summed E-state index contributed by atoms with van der Waals surface area (Å²) in [6, 6.07) is 0. The van der Waals surface area contributed by atoms with Crippen LogP contribution in [0, 0.1) is 0 Å². The summed E-state index contributed by atoms with van der Waals surface area (Å²) < 4.78 is 4.54. The Balaban J connectivity index is 3.59. The molecule has 0 aromatic carbocycles. The van der Waals surface area contributed by atoms with Gasteiger partial charge in [-0.1, -0.05) is 17.7 Å². The Morgan fingerprint density at radius 1 is 1.38 bits per heavy atom. The van der Waals surface area contributed by atoms with Crippen LogP contribution in [0.5, 0.6) is 0 Å². The molecule has 13 heavy (non-hydrogen) atoms. The predicted octanol–water partition coefficient (Wildman–Crippen LogP) is 2.85. The quantitative estimate of drug-likeness (QED) is 0.358. The number of methoxy groups -OCH3 is 1. The van der Waals surface area contributed by atoms with Gasteiger partial charge in [-0.05, 0) is 26.2 Å². The van der Waals surface area contributed by atoms with Gasteiger partial charge in [-0.2, -0.15) is 0 Å². The van der Waals surface area contributed by atoms with Crippen LogP contribution in [0.2, 0.25) is 0 Å². The fraction of sp³-hybridized carbons (Fsp3) is 0.545. The maximum Gasteiger partial charge on any atom is 0.305 e. The second-order valence-electron chi connectivity index (χ2n) is 2.99. The highest BCUT2D eigenvalue weighted by Gasteiger charge is 1.99. The molecule has 0 aliphatic heterocycles. The van der Waals surface area contributed by atoms with Crippen LogP contribution in [-0.4, -0.2) is 13.1 Å². The van der Waals surface area contributed by atoms with E-state index >= 15 is 0 Å². The first-order valence-corrected chi connectivity index (χ1v) is 4.54. The van der Waals surface area contributed by atoms with Gasteiger partial charge < -0.3 is 4.74 Å². The van der Waals surface area contributed by atoms with E-state index < -0.39 is 0 Å². The largest absolute Gasteiger partial charge is 0.469 e. The second-order valence-corrected chi connectivity index (χ2v) is 2.99. The van der Waals surface area contributed by atoms with Gasteiger partial charge in [0, 0.05) is 6.42 Å². The number of carbonyl (C=O) groups excluding carboxylic acids is 1. The van der Waals surface area contributed by atoms with Crippen molar-refractivity contribution >= 4 is 5.97 Å². The van der Waals surface area contributed by atoms with E-state index in [0.717, 1.165) is 19.3 Å². The molecule has 0 amide bonds. The lowest BCUT2D eigenvalue weighted by molar-refractivity contribution is -0.140. The van der Waals surface area contributed by atoms with Gasteiger partial charge in [0.2, 0.25) is 0 Å². The Labute approximate surface area is 80.3 Å². The number of esters is 1. The molecule has 0 saturated carbocycles. The summed E-state index contributed by atoms with van der Waals surface area (Å²) in [5.41, 5.74) is 1.24.